The van der Waals surface area contributed by atoms with Crippen molar-refractivity contribution in [2.45, 2.75) is 45.2 Å². The Labute approximate surface area is 194 Å². The molecule has 3 aromatic rings. The Kier molecular flexibility index (Phi) is 7.34. The second-order valence-corrected chi connectivity index (χ2v) is 8.35. The molecule has 8 heteroatoms. The van der Waals surface area contributed by atoms with Crippen LogP contribution in [-0.4, -0.2) is 45.2 Å². The molecule has 0 saturated heterocycles. The Hall–Kier alpha value is -3.68. The molecule has 33 heavy (non-hydrogen) atoms. The summed E-state index contributed by atoms with van der Waals surface area (Å²) in [4.78, 5) is 26.3. The molecule has 2 aromatic carbocycles. The van der Waals surface area contributed by atoms with Gasteiger partial charge in [0.25, 0.3) is 0 Å². The van der Waals surface area contributed by atoms with Crippen LogP contribution in [0.15, 0.2) is 54.6 Å². The summed E-state index contributed by atoms with van der Waals surface area (Å²) in [7, 11) is 1.74. The second-order valence-electron chi connectivity index (χ2n) is 8.35. The van der Waals surface area contributed by atoms with E-state index in [0.29, 0.717) is 12.2 Å². The molecule has 0 bridgehead atoms. The Morgan fingerprint density at radius 3 is 2.73 bits per heavy atom. The average Bonchev–Trinajstić information content (AvgIpc) is 3.08. The fourth-order valence-electron chi connectivity index (χ4n) is 4.01. The highest BCUT2D eigenvalue weighted by molar-refractivity contribution is 5.91. The second kappa shape index (κ2) is 10.8. The number of carbonyl (C=O) groups is 2. The van der Waals surface area contributed by atoms with Crippen LogP contribution >= 0.6 is 0 Å². The number of anilines is 1. The van der Waals surface area contributed by atoms with Gasteiger partial charge in [0.1, 0.15) is 5.82 Å². The number of amides is 3. The molecule has 0 fully saturated rings. The molecular weight excluding hydrogens is 416 g/mol. The number of urea groups is 1. The van der Waals surface area contributed by atoms with Gasteiger partial charge in [0, 0.05) is 50.8 Å². The molecule has 172 valence electrons. The summed E-state index contributed by atoms with van der Waals surface area (Å²) < 4.78 is 2.19. The van der Waals surface area contributed by atoms with Crippen LogP contribution in [0.2, 0.25) is 0 Å². The first-order valence-corrected chi connectivity index (χ1v) is 11.5. The summed E-state index contributed by atoms with van der Waals surface area (Å²) in [6, 6.07) is 17.2. The van der Waals surface area contributed by atoms with Crippen molar-refractivity contribution >= 4 is 17.6 Å². The molecule has 0 aliphatic carbocycles. The number of hydrogen-bond acceptors (Lipinski definition) is 4. The van der Waals surface area contributed by atoms with E-state index in [0.717, 1.165) is 48.6 Å². The maximum atomic E-state index is 12.4. The maximum absolute atomic E-state index is 12.4. The molecule has 2 heterocycles. The van der Waals surface area contributed by atoms with E-state index in [1.54, 1.807) is 11.9 Å². The van der Waals surface area contributed by atoms with Crippen LogP contribution in [0.25, 0.3) is 11.4 Å². The van der Waals surface area contributed by atoms with Gasteiger partial charge in [-0.05, 0) is 30.5 Å². The lowest BCUT2D eigenvalue weighted by molar-refractivity contribution is -0.116. The summed E-state index contributed by atoms with van der Waals surface area (Å²) in [6.07, 6.45) is 4.62. The van der Waals surface area contributed by atoms with Crippen molar-refractivity contribution in [3.05, 3.63) is 66.0 Å². The fourth-order valence-corrected chi connectivity index (χ4v) is 4.01. The number of nitrogens with one attached hydrogen (secondary N) is 2. The summed E-state index contributed by atoms with van der Waals surface area (Å²) in [5.41, 5.74) is 2.69. The van der Waals surface area contributed by atoms with Gasteiger partial charge in [0.15, 0.2) is 5.82 Å². The molecule has 3 amide bonds. The molecular formula is C25H30N6O2. The number of hydrogen-bond donors (Lipinski definition) is 2. The zero-order valence-corrected chi connectivity index (χ0v) is 19.0. The lowest BCUT2D eigenvalue weighted by Crippen LogP contribution is -2.38. The largest absolute Gasteiger partial charge is 0.337 e. The average molecular weight is 447 g/mol. The Morgan fingerprint density at radius 1 is 1.03 bits per heavy atom. The van der Waals surface area contributed by atoms with Gasteiger partial charge in [-0.15, -0.1) is 10.2 Å². The van der Waals surface area contributed by atoms with Crippen LogP contribution in [0.4, 0.5) is 10.5 Å². The third kappa shape index (κ3) is 5.97. The van der Waals surface area contributed by atoms with Gasteiger partial charge in [0.2, 0.25) is 5.91 Å². The fraction of sp³-hybridized carbons (Fsp3) is 0.360. The van der Waals surface area contributed by atoms with Crippen molar-refractivity contribution in [1.29, 1.82) is 0 Å². The Morgan fingerprint density at radius 2 is 1.88 bits per heavy atom. The molecule has 1 aromatic heterocycles. The number of nitrogens with zero attached hydrogens (tertiary/aromatic N) is 4. The SMILES string of the molecule is CN(Cc1ccccc1)C(=O)NCCC(=O)Nc1cccc(-c2nnc3n2CCCCC3)c1. The summed E-state index contributed by atoms with van der Waals surface area (Å²) in [6.45, 7) is 1.70. The van der Waals surface area contributed by atoms with Crippen molar-refractivity contribution in [3.8, 4) is 11.4 Å². The number of aromatic nitrogens is 3. The van der Waals surface area contributed by atoms with Crippen molar-refractivity contribution in [1.82, 2.24) is 25.0 Å². The van der Waals surface area contributed by atoms with E-state index in [1.807, 2.05) is 54.6 Å². The molecule has 0 unspecified atom stereocenters. The molecule has 0 saturated carbocycles. The van der Waals surface area contributed by atoms with Crippen molar-refractivity contribution in [2.24, 2.45) is 0 Å². The highest BCUT2D eigenvalue weighted by Crippen LogP contribution is 2.24. The van der Waals surface area contributed by atoms with Crippen LogP contribution in [-0.2, 0) is 24.3 Å². The minimum absolute atomic E-state index is 0.154. The van der Waals surface area contributed by atoms with Gasteiger partial charge < -0.3 is 20.1 Å². The summed E-state index contributed by atoms with van der Waals surface area (Å²) in [5.74, 6) is 1.72. The van der Waals surface area contributed by atoms with E-state index in [9.17, 15) is 9.59 Å². The van der Waals surface area contributed by atoms with Gasteiger partial charge >= 0.3 is 6.03 Å². The molecule has 0 atom stereocenters. The monoisotopic (exact) mass is 446 g/mol. The highest BCUT2D eigenvalue weighted by Gasteiger charge is 2.16. The topological polar surface area (TPSA) is 92.2 Å². The molecule has 4 rings (SSSR count). The molecule has 1 aliphatic heterocycles. The normalized spacial score (nSPS) is 13.0. The van der Waals surface area contributed by atoms with Crippen LogP contribution in [0, 0.1) is 0 Å². The lowest BCUT2D eigenvalue weighted by atomic mass is 10.2. The van der Waals surface area contributed by atoms with E-state index in [-0.39, 0.29) is 24.9 Å². The van der Waals surface area contributed by atoms with E-state index in [2.05, 4.69) is 25.4 Å². The summed E-state index contributed by atoms with van der Waals surface area (Å²) >= 11 is 0. The maximum Gasteiger partial charge on any atom is 0.317 e. The van der Waals surface area contributed by atoms with Crippen molar-refractivity contribution in [3.63, 3.8) is 0 Å². The smallest absolute Gasteiger partial charge is 0.317 e. The predicted molar refractivity (Wildman–Crippen MR) is 128 cm³/mol. The third-order valence-electron chi connectivity index (χ3n) is 5.75. The highest BCUT2D eigenvalue weighted by atomic mass is 16.2. The lowest BCUT2D eigenvalue weighted by Gasteiger charge is -2.18. The van der Waals surface area contributed by atoms with Crippen LogP contribution < -0.4 is 10.6 Å². The molecule has 0 radical (unpaired) electrons. The van der Waals surface area contributed by atoms with Crippen LogP contribution in [0.3, 0.4) is 0 Å². The third-order valence-corrected chi connectivity index (χ3v) is 5.75. The summed E-state index contributed by atoms with van der Waals surface area (Å²) in [5, 5.41) is 14.5. The molecule has 8 nitrogen and oxygen atoms in total. The molecule has 1 aliphatic rings. The van der Waals surface area contributed by atoms with Crippen molar-refractivity contribution in [2.75, 3.05) is 18.9 Å². The molecule has 0 spiro atoms. The number of carbonyl (C=O) groups excluding carboxylic acids is 2. The quantitative estimate of drug-likeness (QED) is 0.577. The standard InChI is InChI=1S/C25H30N6O2/c1-30(18-19-9-4-2-5-10-19)25(33)26-15-14-23(32)27-21-12-8-11-20(17-21)24-29-28-22-13-6-3-7-16-31(22)24/h2,4-5,8-12,17H,3,6-7,13-16,18H2,1H3,(H,26,33)(H,27,32). The minimum atomic E-state index is -0.207. The zero-order chi connectivity index (χ0) is 23.0. The number of fused-ring (bicyclic) bond motifs is 1. The first-order chi connectivity index (χ1) is 16.1. The number of aryl methyl sites for hydroxylation is 1. The van der Waals surface area contributed by atoms with E-state index < -0.39 is 0 Å². The van der Waals surface area contributed by atoms with Gasteiger partial charge in [-0.1, -0.05) is 48.9 Å². The zero-order valence-electron chi connectivity index (χ0n) is 19.0. The number of benzene rings is 2. The molecule has 2 N–H and O–H groups in total. The van der Waals surface area contributed by atoms with Gasteiger partial charge in [-0.2, -0.15) is 0 Å². The first-order valence-electron chi connectivity index (χ1n) is 11.5. The minimum Gasteiger partial charge on any atom is -0.337 e. The van der Waals surface area contributed by atoms with Gasteiger partial charge in [0.05, 0.1) is 0 Å². The van der Waals surface area contributed by atoms with Gasteiger partial charge in [-0.25, -0.2) is 4.79 Å². The number of rotatable bonds is 7. The van der Waals surface area contributed by atoms with Gasteiger partial charge in [-0.3, -0.25) is 4.79 Å². The van der Waals surface area contributed by atoms with Crippen LogP contribution in [0.1, 0.15) is 37.1 Å². The first kappa shape index (κ1) is 22.5. The van der Waals surface area contributed by atoms with Crippen molar-refractivity contribution < 1.29 is 9.59 Å². The van der Waals surface area contributed by atoms with E-state index >= 15 is 0 Å². The Bertz CT molecular complexity index is 1100. The van der Waals surface area contributed by atoms with E-state index in [1.165, 1.54) is 6.42 Å². The Balaban J connectivity index is 1.28. The van der Waals surface area contributed by atoms with Crippen LogP contribution in [0.5, 0.6) is 0 Å². The predicted octanol–water partition coefficient (Wildman–Crippen LogP) is 3.84. The van der Waals surface area contributed by atoms with E-state index in [4.69, 9.17) is 0 Å².